The van der Waals surface area contributed by atoms with Gasteiger partial charge in [0.15, 0.2) is 5.13 Å². The number of carbonyl (C=O) groups is 1. The lowest BCUT2D eigenvalue weighted by Crippen LogP contribution is -2.35. The van der Waals surface area contributed by atoms with E-state index in [0.29, 0.717) is 28.2 Å². The van der Waals surface area contributed by atoms with Crippen molar-refractivity contribution in [2.24, 2.45) is 0 Å². The van der Waals surface area contributed by atoms with Gasteiger partial charge in [-0.1, -0.05) is 29.5 Å². The maximum atomic E-state index is 12.6. The highest BCUT2D eigenvalue weighted by molar-refractivity contribution is 7.93. The molecular formula is C20H22N4O5S2. The Bertz CT molecular complexity index is 1180. The second kappa shape index (κ2) is 9.08. The fourth-order valence-corrected chi connectivity index (χ4v) is 5.41. The zero-order valence-electron chi connectivity index (χ0n) is 16.8. The van der Waals surface area contributed by atoms with Gasteiger partial charge in [-0.2, -0.15) is 0 Å². The van der Waals surface area contributed by atoms with Crippen LogP contribution in [0, 0.1) is 0 Å². The summed E-state index contributed by atoms with van der Waals surface area (Å²) in [5.41, 5.74) is 1.01. The Morgan fingerprint density at radius 3 is 2.81 bits per heavy atom. The molecule has 0 saturated carbocycles. The van der Waals surface area contributed by atoms with Gasteiger partial charge in [0.05, 0.1) is 22.8 Å². The molecule has 1 saturated heterocycles. The Morgan fingerprint density at radius 1 is 1.29 bits per heavy atom. The average molecular weight is 463 g/mol. The normalized spacial score (nSPS) is 16.2. The van der Waals surface area contributed by atoms with Crippen molar-refractivity contribution in [1.29, 1.82) is 0 Å². The van der Waals surface area contributed by atoms with Crippen LogP contribution in [0.1, 0.15) is 12.8 Å². The van der Waals surface area contributed by atoms with Gasteiger partial charge in [0.1, 0.15) is 11.3 Å². The zero-order valence-corrected chi connectivity index (χ0v) is 18.4. The number of rotatable bonds is 7. The monoisotopic (exact) mass is 462 g/mol. The molecule has 4 rings (SSSR count). The third-order valence-corrected chi connectivity index (χ3v) is 7.13. The Kier molecular flexibility index (Phi) is 6.25. The summed E-state index contributed by atoms with van der Waals surface area (Å²) < 4.78 is 39.2. The first-order valence-electron chi connectivity index (χ1n) is 9.67. The number of aromatic nitrogens is 1. The van der Waals surface area contributed by atoms with Crippen molar-refractivity contribution < 1.29 is 22.7 Å². The fraction of sp³-hybridized carbons (Fsp3) is 0.300. The smallest absolute Gasteiger partial charge is 0.319 e. The van der Waals surface area contributed by atoms with Crippen LogP contribution >= 0.6 is 11.3 Å². The third kappa shape index (κ3) is 5.06. The molecule has 2 heterocycles. The molecule has 1 aromatic heterocycles. The van der Waals surface area contributed by atoms with Crippen molar-refractivity contribution in [3.05, 3.63) is 42.5 Å². The van der Waals surface area contributed by atoms with E-state index in [4.69, 9.17) is 9.47 Å². The van der Waals surface area contributed by atoms with Crippen LogP contribution in [0.2, 0.25) is 0 Å². The molecule has 2 amide bonds. The fourth-order valence-electron chi connectivity index (χ4n) is 3.23. The van der Waals surface area contributed by atoms with Gasteiger partial charge in [0.25, 0.3) is 10.0 Å². The van der Waals surface area contributed by atoms with Gasteiger partial charge in [-0.15, -0.1) is 0 Å². The van der Waals surface area contributed by atoms with E-state index in [1.54, 1.807) is 30.3 Å². The number of ether oxygens (including phenoxy) is 2. The lowest BCUT2D eigenvalue weighted by atomic mass is 10.2. The second-order valence-electron chi connectivity index (χ2n) is 6.93. The lowest BCUT2D eigenvalue weighted by molar-refractivity contribution is 0.112. The van der Waals surface area contributed by atoms with Gasteiger partial charge in [0.2, 0.25) is 0 Å². The van der Waals surface area contributed by atoms with Crippen molar-refractivity contribution in [3.63, 3.8) is 0 Å². The minimum atomic E-state index is -3.76. The first-order valence-corrected chi connectivity index (χ1v) is 12.0. The highest BCUT2D eigenvalue weighted by Crippen LogP contribution is 2.36. The molecule has 1 aliphatic rings. The van der Waals surface area contributed by atoms with Crippen LogP contribution in [0.5, 0.6) is 5.75 Å². The number of methoxy groups -OCH3 is 1. The van der Waals surface area contributed by atoms with Crippen molar-refractivity contribution in [3.8, 4) is 5.75 Å². The van der Waals surface area contributed by atoms with Crippen LogP contribution in [0.4, 0.5) is 15.6 Å². The predicted octanol–water partition coefficient (Wildman–Crippen LogP) is 3.41. The molecular weight excluding hydrogens is 440 g/mol. The highest BCUT2D eigenvalue weighted by atomic mass is 32.2. The van der Waals surface area contributed by atoms with Crippen molar-refractivity contribution >= 4 is 48.4 Å². The number of nitrogens with zero attached hydrogens (tertiary/aromatic N) is 1. The number of anilines is 2. The van der Waals surface area contributed by atoms with Gasteiger partial charge >= 0.3 is 6.03 Å². The highest BCUT2D eigenvalue weighted by Gasteiger charge is 2.19. The van der Waals surface area contributed by atoms with Gasteiger partial charge in [-0.25, -0.2) is 18.2 Å². The van der Waals surface area contributed by atoms with Crippen LogP contribution < -0.4 is 20.1 Å². The standard InChI is InChI=1S/C20H22N4O5S2/c1-28-16-10-13(22-19(25)21-12-14-6-5-9-29-14)11-17-18(16)23-20(30-17)24-31(26,27)15-7-3-2-4-8-15/h2-4,7-8,10-11,14H,5-6,9,12H2,1H3,(H,23,24)(H2,21,22,25). The van der Waals surface area contributed by atoms with Crippen LogP contribution in [-0.4, -0.2) is 45.8 Å². The zero-order chi connectivity index (χ0) is 21.8. The van der Waals surface area contributed by atoms with E-state index < -0.39 is 10.0 Å². The van der Waals surface area contributed by atoms with E-state index in [9.17, 15) is 13.2 Å². The van der Waals surface area contributed by atoms with Gasteiger partial charge in [-0.3, -0.25) is 4.72 Å². The molecule has 0 radical (unpaired) electrons. The summed E-state index contributed by atoms with van der Waals surface area (Å²) in [5, 5.41) is 5.77. The number of benzene rings is 2. The van der Waals surface area contributed by atoms with Crippen molar-refractivity contribution in [2.75, 3.05) is 30.3 Å². The number of fused-ring (bicyclic) bond motifs is 1. The van der Waals surface area contributed by atoms with Gasteiger partial charge in [0, 0.05) is 24.9 Å². The topological polar surface area (TPSA) is 119 Å². The van der Waals surface area contributed by atoms with Crippen LogP contribution in [0.15, 0.2) is 47.4 Å². The SMILES string of the molecule is COc1cc(NC(=O)NCC2CCCO2)cc2sc(NS(=O)(=O)c3ccccc3)nc12. The molecule has 164 valence electrons. The number of thiazole rings is 1. The molecule has 9 nitrogen and oxygen atoms in total. The van der Waals surface area contributed by atoms with E-state index in [1.807, 2.05) is 0 Å². The summed E-state index contributed by atoms with van der Waals surface area (Å²) in [6.07, 6.45) is 1.98. The molecule has 1 unspecified atom stereocenters. The Hall–Kier alpha value is -2.89. The van der Waals surface area contributed by atoms with E-state index in [-0.39, 0.29) is 22.2 Å². The molecule has 1 aliphatic heterocycles. The summed E-state index contributed by atoms with van der Waals surface area (Å²) in [5.74, 6) is 0.424. The van der Waals surface area contributed by atoms with Crippen LogP contribution in [-0.2, 0) is 14.8 Å². The number of hydrogen-bond acceptors (Lipinski definition) is 7. The molecule has 3 aromatic rings. The Balaban J connectivity index is 1.51. The predicted molar refractivity (Wildman–Crippen MR) is 119 cm³/mol. The van der Waals surface area contributed by atoms with Gasteiger partial charge < -0.3 is 20.1 Å². The number of amides is 2. The molecule has 0 spiro atoms. The number of nitrogens with one attached hydrogen (secondary N) is 3. The van der Waals surface area contributed by atoms with E-state index in [1.165, 1.54) is 19.2 Å². The van der Waals surface area contributed by atoms with E-state index in [2.05, 4.69) is 20.3 Å². The lowest BCUT2D eigenvalue weighted by Gasteiger charge is -2.12. The molecule has 0 aliphatic carbocycles. The number of sulfonamides is 1. The largest absolute Gasteiger partial charge is 0.494 e. The van der Waals surface area contributed by atoms with E-state index in [0.717, 1.165) is 30.8 Å². The second-order valence-corrected chi connectivity index (χ2v) is 9.65. The van der Waals surface area contributed by atoms with Crippen LogP contribution in [0.25, 0.3) is 10.2 Å². The maximum Gasteiger partial charge on any atom is 0.319 e. The Labute approximate surface area is 183 Å². The quantitative estimate of drug-likeness (QED) is 0.495. The molecule has 0 bridgehead atoms. The molecule has 31 heavy (non-hydrogen) atoms. The summed E-state index contributed by atoms with van der Waals surface area (Å²) >= 11 is 1.15. The summed E-state index contributed by atoms with van der Waals surface area (Å²) in [6, 6.07) is 11.1. The number of hydrogen-bond donors (Lipinski definition) is 3. The molecule has 11 heteroatoms. The summed E-state index contributed by atoms with van der Waals surface area (Å²) in [7, 11) is -2.27. The maximum absolute atomic E-state index is 12.6. The van der Waals surface area contributed by atoms with Crippen LogP contribution in [0.3, 0.4) is 0 Å². The number of urea groups is 1. The Morgan fingerprint density at radius 2 is 2.10 bits per heavy atom. The van der Waals surface area contributed by atoms with Gasteiger partial charge in [-0.05, 0) is 31.0 Å². The summed E-state index contributed by atoms with van der Waals surface area (Å²) in [4.78, 5) is 16.7. The minimum absolute atomic E-state index is 0.0458. The van der Waals surface area contributed by atoms with Crippen molar-refractivity contribution in [2.45, 2.75) is 23.8 Å². The first-order chi connectivity index (χ1) is 14.9. The summed E-state index contributed by atoms with van der Waals surface area (Å²) in [6.45, 7) is 1.17. The van der Waals surface area contributed by atoms with Crippen molar-refractivity contribution in [1.82, 2.24) is 10.3 Å². The molecule has 1 fully saturated rings. The van der Waals surface area contributed by atoms with E-state index >= 15 is 0 Å². The first kappa shape index (κ1) is 21.3. The minimum Gasteiger partial charge on any atom is -0.494 e. The molecule has 1 atom stereocenters. The molecule has 2 aromatic carbocycles. The average Bonchev–Trinajstić information content (AvgIpc) is 3.41. The molecule has 3 N–H and O–H groups in total. The number of carbonyl (C=O) groups excluding carboxylic acids is 1. The third-order valence-electron chi connectivity index (χ3n) is 4.73.